The third kappa shape index (κ3) is 5.80. The summed E-state index contributed by atoms with van der Waals surface area (Å²) in [5.74, 6) is 0.810. The Morgan fingerprint density at radius 3 is 2.50 bits per heavy atom. The van der Waals surface area contributed by atoms with Gasteiger partial charge in [-0.25, -0.2) is 4.79 Å². The molecule has 0 bridgehead atoms. The maximum Gasteiger partial charge on any atom is 0.407 e. The summed E-state index contributed by atoms with van der Waals surface area (Å²) in [4.78, 5) is 16.5. The van der Waals surface area contributed by atoms with Crippen molar-refractivity contribution in [2.75, 3.05) is 0 Å². The van der Waals surface area contributed by atoms with Gasteiger partial charge in [-0.1, -0.05) is 28.0 Å². The highest BCUT2D eigenvalue weighted by Gasteiger charge is 2.24. The fourth-order valence-corrected chi connectivity index (χ4v) is 3.31. The Balaban J connectivity index is 1.95. The van der Waals surface area contributed by atoms with E-state index in [0.29, 0.717) is 17.0 Å². The predicted molar refractivity (Wildman–Crippen MR) is 125 cm³/mol. The van der Waals surface area contributed by atoms with Crippen molar-refractivity contribution in [3.05, 3.63) is 71.9 Å². The van der Waals surface area contributed by atoms with Crippen LogP contribution in [0, 0.1) is 0 Å². The number of nitrogens with one attached hydrogen (secondary N) is 1. The first kappa shape index (κ1) is 23.6. The molecule has 1 aromatic heterocycles. The molecule has 0 aliphatic rings. The topological polar surface area (TPSA) is 60.5 Å². The van der Waals surface area contributed by atoms with Crippen molar-refractivity contribution in [2.24, 2.45) is 0 Å². The number of halogens is 2. The Morgan fingerprint density at radius 1 is 1.22 bits per heavy atom. The van der Waals surface area contributed by atoms with Crippen LogP contribution in [0.1, 0.15) is 37.5 Å². The lowest BCUT2D eigenvalue weighted by Crippen LogP contribution is -2.32. The maximum atomic E-state index is 13.5. The Kier molecular flexibility index (Phi) is 6.79. The number of carbonyl (C=O) groups excluding carboxylic acids is 1. The molecule has 0 saturated heterocycles. The summed E-state index contributed by atoms with van der Waals surface area (Å²) in [6.45, 7) is 9.42. The third-order valence-electron chi connectivity index (χ3n) is 4.48. The fourth-order valence-electron chi connectivity index (χ4n) is 3.12. The summed E-state index contributed by atoms with van der Waals surface area (Å²) >= 11 is 0. The van der Waals surface area contributed by atoms with Crippen LogP contribution in [0.15, 0.2) is 55.2 Å². The lowest BCUT2D eigenvalue weighted by Gasteiger charge is -2.20. The summed E-state index contributed by atoms with van der Waals surface area (Å²) in [5.41, 5.74) is -1.64. The quantitative estimate of drug-likeness (QED) is 0.422. The number of hydrogen-bond acceptors (Lipinski definition) is 4. The van der Waals surface area contributed by atoms with E-state index in [0.717, 1.165) is 16.5 Å². The molecule has 1 heterocycles. The first-order chi connectivity index (χ1) is 15.0. The van der Waals surface area contributed by atoms with Crippen molar-refractivity contribution < 1.29 is 23.0 Å². The second-order valence-electron chi connectivity index (χ2n) is 8.16. The molecular formula is C24H25F2N2O3P. The summed E-state index contributed by atoms with van der Waals surface area (Å²) in [7, 11) is 1.51. The van der Waals surface area contributed by atoms with Gasteiger partial charge in [-0.3, -0.25) is 4.98 Å². The molecule has 168 valence electrons. The molecule has 0 aliphatic heterocycles. The molecule has 1 unspecified atom stereocenters. The summed E-state index contributed by atoms with van der Waals surface area (Å²) < 4.78 is 38.2. The van der Waals surface area contributed by atoms with Crippen LogP contribution < -0.4 is 10.1 Å². The standard InChI is InChI=1S/C24H25F2N2O3P/c1-5-18-15(14-28-22(29)31-23(2,3)4)13-20(21-19(18)7-6-12-27-21)30-17-10-8-16(9-11-17)24(25,26)32/h5-13H,1,14,32H2,2-4H3,(H,28,29). The van der Waals surface area contributed by atoms with Gasteiger partial charge in [-0.05, 0) is 68.3 Å². The highest BCUT2D eigenvalue weighted by atomic mass is 31.0. The minimum Gasteiger partial charge on any atom is -0.455 e. The van der Waals surface area contributed by atoms with E-state index in [-0.39, 0.29) is 12.1 Å². The van der Waals surface area contributed by atoms with Gasteiger partial charge in [-0.15, -0.1) is 0 Å². The molecule has 1 amide bonds. The number of hydrogen-bond donors (Lipinski definition) is 1. The fraction of sp³-hybridized carbons (Fsp3) is 0.250. The van der Waals surface area contributed by atoms with Crippen LogP contribution >= 0.6 is 9.24 Å². The van der Waals surface area contributed by atoms with E-state index in [9.17, 15) is 13.6 Å². The molecule has 2 aromatic carbocycles. The number of pyridine rings is 1. The smallest absolute Gasteiger partial charge is 0.407 e. The number of amides is 1. The van der Waals surface area contributed by atoms with E-state index in [4.69, 9.17) is 9.47 Å². The Bertz CT molecular complexity index is 1140. The summed E-state index contributed by atoms with van der Waals surface area (Å²) in [5, 5.41) is 3.53. The number of alkyl halides is 2. The highest BCUT2D eigenvalue weighted by molar-refractivity contribution is 7.17. The van der Waals surface area contributed by atoms with Gasteiger partial charge in [0.05, 0.1) is 0 Å². The van der Waals surface area contributed by atoms with Crippen LogP contribution in [0.2, 0.25) is 0 Å². The van der Waals surface area contributed by atoms with Crippen LogP contribution in [-0.4, -0.2) is 16.7 Å². The lowest BCUT2D eigenvalue weighted by atomic mass is 10.0. The molecular weight excluding hydrogens is 433 g/mol. The molecule has 1 atom stereocenters. The van der Waals surface area contributed by atoms with Gasteiger partial charge in [-0.2, -0.15) is 8.78 Å². The normalized spacial score (nSPS) is 11.8. The Hall–Kier alpha value is -3.05. The van der Waals surface area contributed by atoms with E-state index in [1.807, 2.05) is 6.07 Å². The van der Waals surface area contributed by atoms with Crippen LogP contribution in [0.3, 0.4) is 0 Å². The zero-order valence-corrected chi connectivity index (χ0v) is 19.3. The number of aromatic nitrogens is 1. The zero-order valence-electron chi connectivity index (χ0n) is 18.1. The second-order valence-corrected chi connectivity index (χ2v) is 8.88. The number of benzene rings is 2. The van der Waals surface area contributed by atoms with Gasteiger partial charge in [0.2, 0.25) is 0 Å². The van der Waals surface area contributed by atoms with Crippen molar-refractivity contribution in [2.45, 2.75) is 38.6 Å². The third-order valence-corrected chi connectivity index (χ3v) is 4.81. The Morgan fingerprint density at radius 2 is 1.91 bits per heavy atom. The number of fused-ring (bicyclic) bond motifs is 1. The van der Waals surface area contributed by atoms with Crippen molar-refractivity contribution >= 4 is 32.3 Å². The average Bonchev–Trinajstić information content (AvgIpc) is 2.71. The van der Waals surface area contributed by atoms with Gasteiger partial charge in [0.1, 0.15) is 16.9 Å². The van der Waals surface area contributed by atoms with Gasteiger partial charge in [0, 0.05) is 23.7 Å². The van der Waals surface area contributed by atoms with Gasteiger partial charge < -0.3 is 14.8 Å². The molecule has 0 fully saturated rings. The van der Waals surface area contributed by atoms with Gasteiger partial charge >= 0.3 is 6.09 Å². The van der Waals surface area contributed by atoms with E-state index in [1.165, 1.54) is 33.5 Å². The first-order valence-electron chi connectivity index (χ1n) is 9.93. The average molecular weight is 458 g/mol. The van der Waals surface area contributed by atoms with E-state index >= 15 is 0 Å². The molecule has 0 radical (unpaired) electrons. The minimum absolute atomic E-state index is 0.137. The van der Waals surface area contributed by atoms with Crippen LogP contribution in [0.4, 0.5) is 13.6 Å². The number of rotatable bonds is 6. The molecule has 0 aliphatic carbocycles. The first-order valence-corrected chi connectivity index (χ1v) is 10.5. The van der Waals surface area contributed by atoms with Crippen molar-refractivity contribution in [3.63, 3.8) is 0 Å². The summed E-state index contributed by atoms with van der Waals surface area (Å²) in [6, 6.07) is 11.0. The van der Waals surface area contributed by atoms with Crippen LogP contribution in [0.5, 0.6) is 11.5 Å². The van der Waals surface area contributed by atoms with Gasteiger partial charge in [0.25, 0.3) is 5.66 Å². The molecule has 0 saturated carbocycles. The minimum atomic E-state index is -3.01. The monoisotopic (exact) mass is 458 g/mol. The van der Waals surface area contributed by atoms with Crippen molar-refractivity contribution in [3.8, 4) is 11.5 Å². The molecule has 1 N–H and O–H groups in total. The molecule has 3 rings (SSSR count). The van der Waals surface area contributed by atoms with Crippen molar-refractivity contribution in [1.29, 1.82) is 0 Å². The van der Waals surface area contributed by atoms with E-state index in [2.05, 4.69) is 16.9 Å². The van der Waals surface area contributed by atoms with Crippen molar-refractivity contribution in [1.82, 2.24) is 10.3 Å². The van der Waals surface area contributed by atoms with Gasteiger partial charge in [0.15, 0.2) is 5.75 Å². The second kappa shape index (κ2) is 9.21. The lowest BCUT2D eigenvalue weighted by molar-refractivity contribution is 0.0523. The number of carbonyl (C=O) groups is 1. The number of nitrogens with zero attached hydrogens (tertiary/aromatic N) is 1. The summed E-state index contributed by atoms with van der Waals surface area (Å²) in [6.07, 6.45) is 2.78. The molecule has 0 spiro atoms. The van der Waals surface area contributed by atoms with Crippen LogP contribution in [0.25, 0.3) is 17.0 Å². The maximum absolute atomic E-state index is 13.5. The number of alkyl carbamates (subject to hydrolysis) is 1. The molecule has 32 heavy (non-hydrogen) atoms. The van der Waals surface area contributed by atoms with E-state index < -0.39 is 17.4 Å². The largest absolute Gasteiger partial charge is 0.455 e. The zero-order chi connectivity index (χ0) is 23.5. The van der Waals surface area contributed by atoms with E-state index in [1.54, 1.807) is 45.2 Å². The SMILES string of the molecule is C=Cc1c(CNC(=O)OC(C)(C)C)cc(Oc2ccc(C(F)(F)P)cc2)c2ncccc12. The Labute approximate surface area is 188 Å². The number of ether oxygens (including phenoxy) is 2. The molecule has 5 nitrogen and oxygen atoms in total. The highest BCUT2D eigenvalue weighted by Crippen LogP contribution is 2.37. The predicted octanol–water partition coefficient (Wildman–Crippen LogP) is 6.62. The molecule has 8 heteroatoms. The van der Waals surface area contributed by atoms with Crippen LogP contribution in [-0.2, 0) is 16.9 Å². The molecule has 3 aromatic rings.